The molecule has 0 atom stereocenters. The second-order valence-electron chi connectivity index (χ2n) is 2.48. The van der Waals surface area contributed by atoms with Crippen LogP contribution in [0, 0.1) is 5.82 Å². The molecule has 0 aliphatic heterocycles. The van der Waals surface area contributed by atoms with Crippen LogP contribution in [0.1, 0.15) is 0 Å². The number of aromatic nitrogens is 1. The van der Waals surface area contributed by atoms with Gasteiger partial charge in [0.15, 0.2) is 16.8 Å². The molecule has 66 valence electrons. The van der Waals surface area contributed by atoms with Crippen molar-refractivity contribution >= 4 is 15.9 Å². The lowest BCUT2D eigenvalue weighted by atomic mass is 10.2. The molecule has 0 unspecified atom stereocenters. The highest BCUT2D eigenvalue weighted by molar-refractivity contribution is 9.10. The van der Waals surface area contributed by atoms with Gasteiger partial charge in [-0.2, -0.15) is 0 Å². The van der Waals surface area contributed by atoms with Crippen LogP contribution in [0.4, 0.5) is 4.39 Å². The summed E-state index contributed by atoms with van der Waals surface area (Å²) in [7, 11) is 0. The molecular formula is C9H5BrFNO. The zero-order chi connectivity index (χ0) is 9.26. The smallest absolute Gasteiger partial charge is 0.182 e. The maximum Gasteiger partial charge on any atom is 0.182 e. The Morgan fingerprint density at radius 2 is 2.23 bits per heavy atom. The maximum absolute atomic E-state index is 12.8. The van der Waals surface area contributed by atoms with E-state index >= 15 is 0 Å². The first-order chi connectivity index (χ1) is 6.27. The largest absolute Gasteiger partial charge is 0.442 e. The van der Waals surface area contributed by atoms with E-state index in [2.05, 4.69) is 20.9 Å². The van der Waals surface area contributed by atoms with E-state index in [-0.39, 0.29) is 5.82 Å². The molecule has 0 radical (unpaired) electrons. The topological polar surface area (TPSA) is 26.0 Å². The molecule has 0 aliphatic carbocycles. The van der Waals surface area contributed by atoms with Gasteiger partial charge in [-0.15, -0.1) is 0 Å². The minimum Gasteiger partial charge on any atom is -0.442 e. The molecular weight excluding hydrogens is 237 g/mol. The first kappa shape index (κ1) is 8.44. The van der Waals surface area contributed by atoms with Crippen LogP contribution < -0.4 is 0 Å². The number of nitrogens with zero attached hydrogens (tertiary/aromatic N) is 1. The normalized spacial score (nSPS) is 10.3. The van der Waals surface area contributed by atoms with Crippen molar-refractivity contribution in [2.75, 3.05) is 0 Å². The highest BCUT2D eigenvalue weighted by atomic mass is 79.9. The third kappa shape index (κ3) is 1.62. The van der Waals surface area contributed by atoms with Gasteiger partial charge >= 0.3 is 0 Å². The summed E-state index contributed by atoms with van der Waals surface area (Å²) in [6.07, 6.45) is 1.31. The van der Waals surface area contributed by atoms with Crippen LogP contribution in [0.5, 0.6) is 0 Å². The maximum atomic E-state index is 12.8. The number of oxazole rings is 1. The third-order valence-electron chi connectivity index (χ3n) is 1.61. The van der Waals surface area contributed by atoms with Crippen molar-refractivity contribution < 1.29 is 8.81 Å². The molecule has 0 spiro atoms. The fourth-order valence-electron chi connectivity index (χ4n) is 1.05. The molecule has 2 nitrogen and oxygen atoms in total. The van der Waals surface area contributed by atoms with Gasteiger partial charge in [-0.05, 0) is 28.1 Å². The van der Waals surface area contributed by atoms with Crippen LogP contribution in [0.3, 0.4) is 0 Å². The summed E-state index contributed by atoms with van der Waals surface area (Å²) in [5, 5.41) is 0. The van der Waals surface area contributed by atoms with Crippen LogP contribution in [0.25, 0.3) is 11.3 Å². The van der Waals surface area contributed by atoms with Crippen LogP contribution in [0.2, 0.25) is 0 Å². The first-order valence-corrected chi connectivity index (χ1v) is 4.41. The fourth-order valence-corrected chi connectivity index (χ4v) is 1.46. The quantitative estimate of drug-likeness (QED) is 0.767. The van der Waals surface area contributed by atoms with Gasteiger partial charge in [0, 0.05) is 5.56 Å². The molecule has 4 heteroatoms. The molecule has 13 heavy (non-hydrogen) atoms. The standard InChI is InChI=1S/C9H5BrFNO/c10-9-8(13-5-12-9)6-2-1-3-7(11)4-6/h1-5H. The minimum atomic E-state index is -0.291. The number of benzene rings is 1. The van der Waals surface area contributed by atoms with E-state index in [4.69, 9.17) is 4.42 Å². The van der Waals surface area contributed by atoms with E-state index in [0.29, 0.717) is 15.9 Å². The number of halogens is 2. The highest BCUT2D eigenvalue weighted by Crippen LogP contribution is 2.26. The predicted molar refractivity (Wildman–Crippen MR) is 49.6 cm³/mol. The Hall–Kier alpha value is -1.16. The summed E-state index contributed by atoms with van der Waals surface area (Å²) < 4.78 is 18.5. The third-order valence-corrected chi connectivity index (χ3v) is 2.18. The van der Waals surface area contributed by atoms with Gasteiger partial charge in [-0.25, -0.2) is 9.37 Å². The van der Waals surface area contributed by atoms with Gasteiger partial charge in [0.1, 0.15) is 5.82 Å². The number of rotatable bonds is 1. The first-order valence-electron chi connectivity index (χ1n) is 3.62. The van der Waals surface area contributed by atoms with Crippen LogP contribution in [-0.2, 0) is 0 Å². The molecule has 0 saturated carbocycles. The van der Waals surface area contributed by atoms with Gasteiger partial charge in [0.05, 0.1) is 0 Å². The van der Waals surface area contributed by atoms with Crippen molar-refractivity contribution in [3.63, 3.8) is 0 Å². The molecule has 2 aromatic rings. The summed E-state index contributed by atoms with van der Waals surface area (Å²) in [6.45, 7) is 0. The van der Waals surface area contributed by atoms with Gasteiger partial charge in [-0.3, -0.25) is 0 Å². The van der Waals surface area contributed by atoms with Crippen LogP contribution in [0.15, 0.2) is 39.7 Å². The van der Waals surface area contributed by atoms with Crippen molar-refractivity contribution in [1.29, 1.82) is 0 Å². The molecule has 1 aromatic carbocycles. The second-order valence-corrected chi connectivity index (χ2v) is 3.23. The summed E-state index contributed by atoms with van der Waals surface area (Å²) >= 11 is 3.20. The zero-order valence-electron chi connectivity index (χ0n) is 6.50. The highest BCUT2D eigenvalue weighted by Gasteiger charge is 2.07. The van der Waals surface area contributed by atoms with E-state index in [1.165, 1.54) is 18.5 Å². The van der Waals surface area contributed by atoms with Gasteiger partial charge in [0.2, 0.25) is 0 Å². The molecule has 0 fully saturated rings. The van der Waals surface area contributed by atoms with Crippen molar-refractivity contribution in [2.24, 2.45) is 0 Å². The molecule has 0 amide bonds. The molecule has 0 N–H and O–H groups in total. The Bertz CT molecular complexity index is 427. The lowest BCUT2D eigenvalue weighted by molar-refractivity contribution is 0.570. The van der Waals surface area contributed by atoms with E-state index in [9.17, 15) is 4.39 Å². The van der Waals surface area contributed by atoms with E-state index in [0.717, 1.165) is 0 Å². The Morgan fingerprint density at radius 1 is 1.38 bits per heavy atom. The average molecular weight is 242 g/mol. The number of hydrogen-bond acceptors (Lipinski definition) is 2. The molecule has 2 rings (SSSR count). The van der Waals surface area contributed by atoms with E-state index < -0.39 is 0 Å². The van der Waals surface area contributed by atoms with Gasteiger partial charge in [0.25, 0.3) is 0 Å². The second kappa shape index (κ2) is 3.30. The SMILES string of the molecule is Fc1cccc(-c2ocnc2Br)c1. The minimum absolute atomic E-state index is 0.291. The fraction of sp³-hybridized carbons (Fsp3) is 0. The lowest BCUT2D eigenvalue weighted by Crippen LogP contribution is -1.77. The van der Waals surface area contributed by atoms with Crippen molar-refractivity contribution in [1.82, 2.24) is 4.98 Å². The molecule has 0 aliphatic rings. The Balaban J connectivity index is 2.53. The Morgan fingerprint density at radius 3 is 2.85 bits per heavy atom. The lowest BCUT2D eigenvalue weighted by Gasteiger charge is -1.95. The molecule has 1 aromatic heterocycles. The monoisotopic (exact) mass is 241 g/mol. The molecule has 0 saturated heterocycles. The number of hydrogen-bond donors (Lipinski definition) is 0. The van der Waals surface area contributed by atoms with E-state index in [1.54, 1.807) is 12.1 Å². The van der Waals surface area contributed by atoms with Crippen molar-refractivity contribution in [3.05, 3.63) is 41.1 Å². The molecule has 0 bridgehead atoms. The average Bonchev–Trinajstić information content (AvgIpc) is 2.51. The van der Waals surface area contributed by atoms with Crippen LogP contribution >= 0.6 is 15.9 Å². The summed E-state index contributed by atoms with van der Waals surface area (Å²) in [6, 6.07) is 6.16. The van der Waals surface area contributed by atoms with Crippen LogP contribution in [-0.4, -0.2) is 4.98 Å². The summed E-state index contributed by atoms with van der Waals surface area (Å²) in [5.41, 5.74) is 0.671. The van der Waals surface area contributed by atoms with E-state index in [1.807, 2.05) is 0 Å². The molecule has 1 heterocycles. The predicted octanol–water partition coefficient (Wildman–Crippen LogP) is 3.24. The summed E-state index contributed by atoms with van der Waals surface area (Å²) in [4.78, 5) is 3.85. The van der Waals surface area contributed by atoms with Crippen molar-refractivity contribution in [3.8, 4) is 11.3 Å². The van der Waals surface area contributed by atoms with Gasteiger partial charge < -0.3 is 4.42 Å². The summed E-state index contributed by atoms with van der Waals surface area (Å²) in [5.74, 6) is 0.250. The Labute approximate surface area is 82.5 Å². The zero-order valence-corrected chi connectivity index (χ0v) is 8.08. The Kier molecular flexibility index (Phi) is 2.14. The van der Waals surface area contributed by atoms with Gasteiger partial charge in [-0.1, -0.05) is 12.1 Å². The van der Waals surface area contributed by atoms with Crippen molar-refractivity contribution in [2.45, 2.75) is 0 Å².